The molecule has 1 saturated heterocycles. The molecule has 3 nitrogen and oxygen atoms in total. The fraction of sp³-hybridized carbons (Fsp3) is 0.643. The van der Waals surface area contributed by atoms with Crippen molar-refractivity contribution in [1.82, 2.24) is 10.3 Å². The number of anilines is 1. The molecule has 0 spiro atoms. The van der Waals surface area contributed by atoms with E-state index in [0.29, 0.717) is 0 Å². The van der Waals surface area contributed by atoms with Gasteiger partial charge in [-0.2, -0.15) is 11.8 Å². The first kappa shape index (κ1) is 13.7. The number of hydrogen-bond donors (Lipinski definition) is 1. The molecule has 4 heteroatoms. The van der Waals surface area contributed by atoms with Crippen molar-refractivity contribution in [2.45, 2.75) is 27.3 Å². The Hall–Kier alpha value is -0.740. The minimum absolute atomic E-state index is 0.925. The van der Waals surface area contributed by atoms with Crippen LogP contribution in [0.2, 0.25) is 0 Å². The minimum Gasteiger partial charge on any atom is -0.355 e. The van der Waals surface area contributed by atoms with Crippen LogP contribution in [0.3, 0.4) is 0 Å². The third-order valence-electron chi connectivity index (χ3n) is 3.32. The summed E-state index contributed by atoms with van der Waals surface area (Å²) in [5.41, 5.74) is 3.85. The molecule has 1 aliphatic rings. The zero-order valence-corrected chi connectivity index (χ0v) is 12.4. The smallest absolute Gasteiger partial charge is 0.133 e. The van der Waals surface area contributed by atoms with Gasteiger partial charge in [0, 0.05) is 42.4 Å². The first-order valence-corrected chi connectivity index (χ1v) is 7.88. The van der Waals surface area contributed by atoms with E-state index in [2.05, 4.69) is 37.1 Å². The molecule has 1 N–H and O–H groups in total. The van der Waals surface area contributed by atoms with Crippen molar-refractivity contribution in [2.24, 2.45) is 0 Å². The molecule has 0 aliphatic carbocycles. The summed E-state index contributed by atoms with van der Waals surface area (Å²) in [6.07, 6.45) is 0. The third-order valence-corrected chi connectivity index (χ3v) is 4.26. The summed E-state index contributed by atoms with van der Waals surface area (Å²) in [6, 6.07) is 2.19. The van der Waals surface area contributed by atoms with E-state index >= 15 is 0 Å². The van der Waals surface area contributed by atoms with Gasteiger partial charge in [-0.25, -0.2) is 4.98 Å². The Morgan fingerprint density at radius 3 is 2.72 bits per heavy atom. The van der Waals surface area contributed by atoms with Gasteiger partial charge in [-0.05, 0) is 32.0 Å². The lowest BCUT2D eigenvalue weighted by molar-refractivity contribution is 0.711. The molecular weight excluding hydrogens is 242 g/mol. The maximum Gasteiger partial charge on any atom is 0.133 e. The van der Waals surface area contributed by atoms with Crippen molar-refractivity contribution in [1.29, 1.82) is 0 Å². The van der Waals surface area contributed by atoms with Crippen LogP contribution in [-0.2, 0) is 6.54 Å². The van der Waals surface area contributed by atoms with Crippen LogP contribution in [0.4, 0.5) is 5.82 Å². The van der Waals surface area contributed by atoms with Crippen molar-refractivity contribution in [2.75, 3.05) is 36.0 Å². The minimum atomic E-state index is 0.925. The number of nitrogens with one attached hydrogen (secondary N) is 1. The van der Waals surface area contributed by atoms with Crippen molar-refractivity contribution < 1.29 is 0 Å². The van der Waals surface area contributed by atoms with Crippen LogP contribution in [-0.4, -0.2) is 36.1 Å². The second-order valence-electron chi connectivity index (χ2n) is 4.76. The Labute approximate surface area is 114 Å². The lowest BCUT2D eigenvalue weighted by Crippen LogP contribution is -2.34. The number of aromatic nitrogens is 1. The quantitative estimate of drug-likeness (QED) is 0.904. The lowest BCUT2D eigenvalue weighted by atomic mass is 10.1. The molecule has 18 heavy (non-hydrogen) atoms. The van der Waals surface area contributed by atoms with E-state index in [1.165, 1.54) is 28.5 Å². The second kappa shape index (κ2) is 6.43. The van der Waals surface area contributed by atoms with Gasteiger partial charge in [0.25, 0.3) is 0 Å². The largest absolute Gasteiger partial charge is 0.355 e. The van der Waals surface area contributed by atoms with Gasteiger partial charge < -0.3 is 10.2 Å². The second-order valence-corrected chi connectivity index (χ2v) is 5.99. The van der Waals surface area contributed by atoms with Crippen molar-refractivity contribution >= 4 is 17.6 Å². The van der Waals surface area contributed by atoms with Gasteiger partial charge >= 0.3 is 0 Å². The molecule has 1 aromatic heterocycles. The number of nitrogens with zero attached hydrogens (tertiary/aromatic N) is 2. The molecule has 1 aromatic rings. The molecule has 2 heterocycles. The molecule has 2 rings (SSSR count). The predicted octanol–water partition coefficient (Wildman–Crippen LogP) is 2.36. The van der Waals surface area contributed by atoms with E-state index in [1.807, 2.05) is 11.8 Å². The van der Waals surface area contributed by atoms with Gasteiger partial charge in [-0.1, -0.05) is 6.92 Å². The zero-order valence-electron chi connectivity index (χ0n) is 11.6. The van der Waals surface area contributed by atoms with Crippen molar-refractivity contribution in [3.63, 3.8) is 0 Å². The number of pyridine rings is 1. The van der Waals surface area contributed by atoms with Crippen LogP contribution in [0.5, 0.6) is 0 Å². The van der Waals surface area contributed by atoms with E-state index in [-0.39, 0.29) is 0 Å². The topological polar surface area (TPSA) is 28.2 Å². The highest BCUT2D eigenvalue weighted by Crippen LogP contribution is 2.25. The molecule has 1 fully saturated rings. The van der Waals surface area contributed by atoms with Gasteiger partial charge in [0.2, 0.25) is 0 Å². The summed E-state index contributed by atoms with van der Waals surface area (Å²) in [6.45, 7) is 10.6. The van der Waals surface area contributed by atoms with Gasteiger partial charge in [-0.3, -0.25) is 0 Å². The van der Waals surface area contributed by atoms with E-state index < -0.39 is 0 Å². The molecule has 0 atom stereocenters. The Bertz CT molecular complexity index is 400. The number of rotatable bonds is 4. The van der Waals surface area contributed by atoms with Gasteiger partial charge in [0.05, 0.1) is 0 Å². The molecule has 0 radical (unpaired) electrons. The molecule has 100 valence electrons. The standard InChI is InChI=1S/C14H23N3S/c1-4-15-10-13-11(2)9-12(3)16-14(13)17-5-7-18-8-6-17/h9,15H,4-8,10H2,1-3H3. The summed E-state index contributed by atoms with van der Waals surface area (Å²) in [5, 5.41) is 3.43. The Kier molecular flexibility index (Phi) is 4.89. The zero-order chi connectivity index (χ0) is 13.0. The van der Waals surface area contributed by atoms with Crippen LogP contribution in [0.1, 0.15) is 23.7 Å². The maximum atomic E-state index is 4.79. The van der Waals surface area contributed by atoms with E-state index in [4.69, 9.17) is 4.98 Å². The summed E-state index contributed by atoms with van der Waals surface area (Å²) in [7, 11) is 0. The highest BCUT2D eigenvalue weighted by atomic mass is 32.2. The fourth-order valence-electron chi connectivity index (χ4n) is 2.35. The summed E-state index contributed by atoms with van der Waals surface area (Å²) in [5.74, 6) is 3.64. The Morgan fingerprint density at radius 2 is 2.06 bits per heavy atom. The summed E-state index contributed by atoms with van der Waals surface area (Å²) < 4.78 is 0. The summed E-state index contributed by atoms with van der Waals surface area (Å²) >= 11 is 2.04. The maximum absolute atomic E-state index is 4.79. The van der Waals surface area contributed by atoms with Crippen LogP contribution in [0, 0.1) is 13.8 Å². The van der Waals surface area contributed by atoms with Crippen LogP contribution >= 0.6 is 11.8 Å². The predicted molar refractivity (Wildman–Crippen MR) is 80.6 cm³/mol. The van der Waals surface area contributed by atoms with Gasteiger partial charge in [-0.15, -0.1) is 0 Å². The summed E-state index contributed by atoms with van der Waals surface area (Å²) in [4.78, 5) is 7.23. The fourth-order valence-corrected chi connectivity index (χ4v) is 3.25. The monoisotopic (exact) mass is 265 g/mol. The van der Waals surface area contributed by atoms with Gasteiger partial charge in [0.1, 0.15) is 5.82 Å². The van der Waals surface area contributed by atoms with Crippen LogP contribution < -0.4 is 10.2 Å². The SMILES string of the molecule is CCNCc1c(C)cc(C)nc1N1CCSCC1. The lowest BCUT2D eigenvalue weighted by Gasteiger charge is -2.30. The number of thioether (sulfide) groups is 1. The molecule has 0 aromatic carbocycles. The molecule has 0 bridgehead atoms. The normalized spacial score (nSPS) is 16.1. The first-order valence-electron chi connectivity index (χ1n) is 6.73. The average Bonchev–Trinajstić information content (AvgIpc) is 2.38. The van der Waals surface area contributed by atoms with Crippen LogP contribution in [0.15, 0.2) is 6.07 Å². The number of aryl methyl sites for hydroxylation is 2. The van der Waals surface area contributed by atoms with Gasteiger partial charge in [0.15, 0.2) is 0 Å². The average molecular weight is 265 g/mol. The highest BCUT2D eigenvalue weighted by Gasteiger charge is 2.17. The Morgan fingerprint density at radius 1 is 1.33 bits per heavy atom. The van der Waals surface area contributed by atoms with Crippen molar-refractivity contribution in [3.8, 4) is 0 Å². The molecule has 0 saturated carbocycles. The molecular formula is C14H23N3S. The van der Waals surface area contributed by atoms with Crippen LogP contribution in [0.25, 0.3) is 0 Å². The number of hydrogen-bond acceptors (Lipinski definition) is 4. The molecule has 0 unspecified atom stereocenters. The van der Waals surface area contributed by atoms with E-state index in [1.54, 1.807) is 0 Å². The third kappa shape index (κ3) is 3.18. The Balaban J connectivity index is 2.29. The van der Waals surface area contributed by atoms with E-state index in [9.17, 15) is 0 Å². The first-order chi connectivity index (χ1) is 8.72. The van der Waals surface area contributed by atoms with Crippen molar-refractivity contribution in [3.05, 3.63) is 22.9 Å². The molecule has 0 amide bonds. The molecule has 1 aliphatic heterocycles. The highest BCUT2D eigenvalue weighted by molar-refractivity contribution is 7.99. The van der Waals surface area contributed by atoms with E-state index in [0.717, 1.165) is 31.9 Å².